The van der Waals surface area contributed by atoms with Gasteiger partial charge in [0, 0.05) is 18.7 Å². The van der Waals surface area contributed by atoms with Crippen molar-refractivity contribution in [2.24, 2.45) is 5.73 Å². The predicted octanol–water partition coefficient (Wildman–Crippen LogP) is 1.60. The lowest BCUT2D eigenvalue weighted by Crippen LogP contribution is -2.50. The molecule has 1 fully saturated rings. The molecule has 2 N–H and O–H groups in total. The number of morpholine rings is 1. The van der Waals surface area contributed by atoms with Gasteiger partial charge in [-0.1, -0.05) is 36.8 Å². The second-order valence-corrected chi connectivity index (χ2v) is 7.07. The highest BCUT2D eigenvalue weighted by Gasteiger charge is 2.32. The van der Waals surface area contributed by atoms with Gasteiger partial charge in [-0.3, -0.25) is 9.59 Å². The number of nitrogens with two attached hydrogens (primary N) is 1. The largest absolute Gasteiger partial charge is 0.367 e. The molecular weight excluding hydrogens is 344 g/mol. The van der Waals surface area contributed by atoms with Gasteiger partial charge in [-0.2, -0.15) is 0 Å². The summed E-state index contributed by atoms with van der Waals surface area (Å²) in [5.74, 6) is 0.161. The van der Waals surface area contributed by atoms with Crippen molar-refractivity contribution in [1.82, 2.24) is 14.5 Å². The van der Waals surface area contributed by atoms with Crippen LogP contribution >= 0.6 is 0 Å². The van der Waals surface area contributed by atoms with E-state index in [0.717, 1.165) is 49.3 Å². The van der Waals surface area contributed by atoms with Gasteiger partial charge in [-0.05, 0) is 19.3 Å². The molecule has 1 unspecified atom stereocenters. The molecule has 2 aliphatic heterocycles. The quantitative estimate of drug-likeness (QED) is 0.891. The molecule has 1 aromatic heterocycles. The van der Waals surface area contributed by atoms with Crippen molar-refractivity contribution < 1.29 is 14.3 Å². The van der Waals surface area contributed by atoms with E-state index in [0.29, 0.717) is 18.8 Å². The van der Waals surface area contributed by atoms with Crippen molar-refractivity contribution in [3.8, 4) is 11.4 Å². The maximum atomic E-state index is 13.2. The smallest absolute Gasteiger partial charge is 0.274 e. The molecule has 7 heteroatoms. The number of imidazole rings is 1. The molecule has 0 saturated carbocycles. The Bertz CT molecular complexity index is 846. The number of hydrogen-bond donors (Lipinski definition) is 1. The molecule has 0 spiro atoms. The molecule has 1 atom stereocenters. The van der Waals surface area contributed by atoms with Gasteiger partial charge < -0.3 is 19.9 Å². The number of primary amides is 1. The summed E-state index contributed by atoms with van der Waals surface area (Å²) in [4.78, 5) is 31.1. The van der Waals surface area contributed by atoms with Crippen LogP contribution in [0.2, 0.25) is 0 Å². The molecular formula is C20H24N4O3. The average Bonchev–Trinajstić information content (AvgIpc) is 2.89. The fourth-order valence-corrected chi connectivity index (χ4v) is 3.85. The Hall–Kier alpha value is -2.67. The highest BCUT2D eigenvalue weighted by Crippen LogP contribution is 2.28. The number of carbonyl (C=O) groups is 2. The minimum absolute atomic E-state index is 0.141. The molecule has 7 nitrogen and oxygen atoms in total. The summed E-state index contributed by atoms with van der Waals surface area (Å²) in [6, 6.07) is 9.97. The molecule has 2 aliphatic rings. The summed E-state index contributed by atoms with van der Waals surface area (Å²) >= 11 is 0. The molecule has 2 aromatic rings. The number of carbonyl (C=O) groups excluding carboxylic acids is 2. The standard InChI is InChI=1S/C20H24N4O3/c21-18(25)16-13-23(11-12-27-16)20(26)17-15-9-5-2-6-10-24(15)19(22-17)14-7-3-1-4-8-14/h1,3-4,7-8,16H,2,5-6,9-13H2,(H2,21,25). The van der Waals surface area contributed by atoms with E-state index >= 15 is 0 Å². The molecule has 0 radical (unpaired) electrons. The van der Waals surface area contributed by atoms with E-state index in [1.165, 1.54) is 0 Å². The predicted molar refractivity (Wildman–Crippen MR) is 100 cm³/mol. The zero-order valence-corrected chi connectivity index (χ0v) is 15.3. The molecule has 142 valence electrons. The Kier molecular flexibility index (Phi) is 4.94. The van der Waals surface area contributed by atoms with Crippen molar-refractivity contribution >= 4 is 11.8 Å². The molecule has 1 saturated heterocycles. The van der Waals surface area contributed by atoms with Crippen LogP contribution in [0.4, 0.5) is 0 Å². The summed E-state index contributed by atoms with van der Waals surface area (Å²) in [5.41, 5.74) is 7.87. The van der Waals surface area contributed by atoms with Crippen LogP contribution in [0.1, 0.15) is 35.4 Å². The summed E-state index contributed by atoms with van der Waals surface area (Å²) in [5, 5.41) is 0. The number of ether oxygens (including phenoxy) is 1. The van der Waals surface area contributed by atoms with Crippen molar-refractivity contribution in [3.63, 3.8) is 0 Å². The molecule has 0 aliphatic carbocycles. The monoisotopic (exact) mass is 368 g/mol. The number of benzene rings is 1. The van der Waals surface area contributed by atoms with Crippen molar-refractivity contribution in [3.05, 3.63) is 41.7 Å². The molecule has 3 heterocycles. The summed E-state index contributed by atoms with van der Waals surface area (Å²) < 4.78 is 7.56. The lowest BCUT2D eigenvalue weighted by Gasteiger charge is -2.31. The van der Waals surface area contributed by atoms with Gasteiger partial charge in [0.15, 0.2) is 6.10 Å². The fraction of sp³-hybridized carbons (Fsp3) is 0.450. The zero-order chi connectivity index (χ0) is 18.8. The Morgan fingerprint density at radius 3 is 2.70 bits per heavy atom. The first-order valence-electron chi connectivity index (χ1n) is 9.50. The van der Waals surface area contributed by atoms with Crippen LogP contribution in [-0.2, 0) is 22.5 Å². The maximum absolute atomic E-state index is 13.2. The molecule has 4 rings (SSSR count). The molecule has 0 bridgehead atoms. The maximum Gasteiger partial charge on any atom is 0.274 e. The van der Waals surface area contributed by atoms with Crippen LogP contribution in [0.25, 0.3) is 11.4 Å². The molecule has 1 aromatic carbocycles. The van der Waals surface area contributed by atoms with Crippen LogP contribution in [0, 0.1) is 0 Å². The van der Waals surface area contributed by atoms with E-state index in [-0.39, 0.29) is 12.5 Å². The third-order valence-corrected chi connectivity index (χ3v) is 5.27. The average molecular weight is 368 g/mol. The number of amides is 2. The first-order chi connectivity index (χ1) is 13.1. The van der Waals surface area contributed by atoms with Gasteiger partial charge in [-0.15, -0.1) is 0 Å². The van der Waals surface area contributed by atoms with E-state index in [1.54, 1.807) is 4.90 Å². The minimum Gasteiger partial charge on any atom is -0.367 e. The van der Waals surface area contributed by atoms with E-state index in [4.69, 9.17) is 15.5 Å². The van der Waals surface area contributed by atoms with Gasteiger partial charge >= 0.3 is 0 Å². The number of rotatable bonds is 3. The van der Waals surface area contributed by atoms with Gasteiger partial charge in [0.1, 0.15) is 11.5 Å². The second kappa shape index (κ2) is 7.52. The normalized spacial score (nSPS) is 20.0. The number of aromatic nitrogens is 2. The zero-order valence-electron chi connectivity index (χ0n) is 15.3. The van der Waals surface area contributed by atoms with Crippen LogP contribution in [0.3, 0.4) is 0 Å². The van der Waals surface area contributed by atoms with Crippen molar-refractivity contribution in [2.45, 2.75) is 38.3 Å². The Morgan fingerprint density at radius 2 is 1.93 bits per heavy atom. The van der Waals surface area contributed by atoms with E-state index in [1.807, 2.05) is 30.3 Å². The van der Waals surface area contributed by atoms with Crippen molar-refractivity contribution in [2.75, 3.05) is 19.7 Å². The van der Waals surface area contributed by atoms with Crippen LogP contribution < -0.4 is 5.73 Å². The summed E-state index contributed by atoms with van der Waals surface area (Å²) in [6.07, 6.45) is 3.36. The Morgan fingerprint density at radius 1 is 1.11 bits per heavy atom. The Balaban J connectivity index is 1.71. The number of fused-ring (bicyclic) bond motifs is 1. The lowest BCUT2D eigenvalue weighted by atomic mass is 10.1. The fourth-order valence-electron chi connectivity index (χ4n) is 3.85. The molecule has 2 amide bonds. The topological polar surface area (TPSA) is 90.5 Å². The summed E-state index contributed by atoms with van der Waals surface area (Å²) in [6.45, 7) is 1.80. The lowest BCUT2D eigenvalue weighted by molar-refractivity contribution is -0.133. The van der Waals surface area contributed by atoms with Crippen LogP contribution in [0.5, 0.6) is 0 Å². The highest BCUT2D eigenvalue weighted by molar-refractivity contribution is 5.95. The first kappa shape index (κ1) is 17.7. The van der Waals surface area contributed by atoms with E-state index in [9.17, 15) is 9.59 Å². The van der Waals surface area contributed by atoms with Gasteiger partial charge in [-0.25, -0.2) is 4.98 Å². The van der Waals surface area contributed by atoms with Crippen LogP contribution in [0.15, 0.2) is 30.3 Å². The van der Waals surface area contributed by atoms with Gasteiger partial charge in [0.25, 0.3) is 5.91 Å². The minimum atomic E-state index is -0.752. The van der Waals surface area contributed by atoms with Crippen molar-refractivity contribution in [1.29, 1.82) is 0 Å². The van der Waals surface area contributed by atoms with Gasteiger partial charge in [0.2, 0.25) is 5.91 Å². The van der Waals surface area contributed by atoms with Gasteiger partial charge in [0.05, 0.1) is 18.8 Å². The SMILES string of the molecule is NC(=O)C1CN(C(=O)c2nc(-c3ccccc3)n3c2CCCCC3)CCO1. The first-order valence-corrected chi connectivity index (χ1v) is 9.50. The van der Waals surface area contributed by atoms with E-state index in [2.05, 4.69) is 4.57 Å². The Labute approximate surface area is 158 Å². The molecule has 27 heavy (non-hydrogen) atoms. The summed E-state index contributed by atoms with van der Waals surface area (Å²) in [7, 11) is 0. The third kappa shape index (κ3) is 3.47. The third-order valence-electron chi connectivity index (χ3n) is 5.27. The van der Waals surface area contributed by atoms with Crippen LogP contribution in [-0.4, -0.2) is 52.1 Å². The second-order valence-electron chi connectivity index (χ2n) is 7.07. The number of hydrogen-bond acceptors (Lipinski definition) is 4. The highest BCUT2D eigenvalue weighted by atomic mass is 16.5. The van der Waals surface area contributed by atoms with E-state index < -0.39 is 12.0 Å². The number of nitrogens with zero attached hydrogens (tertiary/aromatic N) is 3.